The molecule has 0 bridgehead atoms. The topological polar surface area (TPSA) is 97.9 Å². The first-order valence-corrected chi connectivity index (χ1v) is 24.3. The second kappa shape index (κ2) is 27.0. The first-order chi connectivity index (χ1) is 20.5. The average Bonchev–Trinajstić information content (AvgIpc) is 3.03. The molecule has 1 aromatic rings. The molecule has 0 saturated heterocycles. The predicted octanol–water partition coefficient (Wildman–Crippen LogP) is 10.7. The van der Waals surface area contributed by atoms with Gasteiger partial charge in [0.2, 0.25) is 10.4 Å². The van der Waals surface area contributed by atoms with Crippen molar-refractivity contribution < 1.29 is 22.6 Å². The number of benzene rings is 1. The third-order valence-electron chi connectivity index (χ3n) is 9.62. The fourth-order valence-electron chi connectivity index (χ4n) is 7.44. The monoisotopic (exact) mass is 730 g/mol. The van der Waals surface area contributed by atoms with Crippen molar-refractivity contribution >= 4 is 30.2 Å². The Morgan fingerprint density at radius 2 is 0.860 bits per heavy atom. The van der Waals surface area contributed by atoms with Crippen molar-refractivity contribution in [2.75, 3.05) is 6.61 Å². The molecule has 2 N–H and O–H groups in total. The summed E-state index contributed by atoms with van der Waals surface area (Å²) in [6, 6.07) is 12.0. The fraction of sp³-hybridized carbons (Fsp3) is 0.833. The molecule has 3 fully saturated rings. The van der Waals surface area contributed by atoms with Crippen molar-refractivity contribution in [1.29, 1.82) is 0 Å². The van der Waals surface area contributed by atoms with Crippen LogP contribution in [0.5, 0.6) is 0 Å². The van der Waals surface area contributed by atoms with E-state index in [0.29, 0.717) is 6.42 Å². The number of hydrogen-bond acceptors (Lipinski definition) is 4. The van der Waals surface area contributed by atoms with E-state index < -0.39 is 30.2 Å². The molecular formula is C36H66O5SSn-. The molecule has 0 unspecified atom stereocenters. The van der Waals surface area contributed by atoms with Crippen LogP contribution in [0.3, 0.4) is 0 Å². The van der Waals surface area contributed by atoms with Crippen molar-refractivity contribution in [3.05, 3.63) is 36.4 Å². The Bertz CT molecular complexity index is 750. The van der Waals surface area contributed by atoms with Gasteiger partial charge in [-0.2, -0.15) is 0 Å². The van der Waals surface area contributed by atoms with Crippen LogP contribution in [0.2, 0.25) is 11.8 Å². The van der Waals surface area contributed by atoms with Crippen LogP contribution in [0.25, 0.3) is 0 Å². The Balaban J connectivity index is 0.000000355. The maximum Gasteiger partial charge on any atom is 0.217 e. The van der Waals surface area contributed by atoms with Gasteiger partial charge in [0.1, 0.15) is 0 Å². The standard InChI is InChI=1S/C12H26O4S.3C6H11.C6H6.H2O.Sn/c1-2-3-4-5-6-7-8-9-10-11-12-16-17(13,14)15;4*1-2-4-6-5-3-1;;/h2-12H2,1H3,(H,13,14,15);3*1H,2-6H2;1-6H;1H2;/p-1. The Labute approximate surface area is 273 Å². The van der Waals surface area contributed by atoms with Gasteiger partial charge in [0, 0.05) is 0 Å². The normalized spacial score (nSPS) is 18.6. The Morgan fingerprint density at radius 3 is 1.16 bits per heavy atom. The summed E-state index contributed by atoms with van der Waals surface area (Å²) >= 11 is -1.15. The molecule has 0 aromatic heterocycles. The van der Waals surface area contributed by atoms with Crippen molar-refractivity contribution in [2.24, 2.45) is 0 Å². The van der Waals surface area contributed by atoms with Gasteiger partial charge >= 0.3 is 128 Å². The molecule has 0 heterocycles. The summed E-state index contributed by atoms with van der Waals surface area (Å²) in [5.41, 5.74) is 0. The van der Waals surface area contributed by atoms with Gasteiger partial charge in [-0.3, -0.25) is 4.18 Å². The average molecular weight is 730 g/mol. The molecule has 0 aliphatic heterocycles. The van der Waals surface area contributed by atoms with Gasteiger partial charge in [-0.25, -0.2) is 8.42 Å². The minimum Gasteiger partial charge on any atom is -0.726 e. The molecule has 5 nitrogen and oxygen atoms in total. The van der Waals surface area contributed by atoms with Crippen molar-refractivity contribution in [2.45, 2.75) is 179 Å². The van der Waals surface area contributed by atoms with Gasteiger partial charge in [0.25, 0.3) is 0 Å². The second-order valence-electron chi connectivity index (χ2n) is 13.1. The zero-order chi connectivity index (χ0) is 30.1. The fourth-order valence-corrected chi connectivity index (χ4v) is 22.7. The molecule has 251 valence electrons. The van der Waals surface area contributed by atoms with Gasteiger partial charge in [-0.05, 0) is 6.42 Å². The summed E-state index contributed by atoms with van der Waals surface area (Å²) in [6.07, 6.45) is 35.9. The summed E-state index contributed by atoms with van der Waals surface area (Å²) in [7, 11) is -4.48. The van der Waals surface area contributed by atoms with Crippen LogP contribution in [0, 0.1) is 0 Å². The quantitative estimate of drug-likeness (QED) is 0.0777. The van der Waals surface area contributed by atoms with Crippen LogP contribution in [0.4, 0.5) is 0 Å². The van der Waals surface area contributed by atoms with Crippen LogP contribution in [-0.2, 0) is 14.6 Å². The van der Waals surface area contributed by atoms with E-state index in [-0.39, 0.29) is 12.1 Å². The van der Waals surface area contributed by atoms with Crippen LogP contribution in [0.15, 0.2) is 36.4 Å². The van der Waals surface area contributed by atoms with Crippen LogP contribution in [-0.4, -0.2) is 44.8 Å². The largest absolute Gasteiger partial charge is 0.726 e. The van der Waals surface area contributed by atoms with Gasteiger partial charge in [-0.15, -0.1) is 0 Å². The third-order valence-corrected chi connectivity index (χ3v) is 23.1. The van der Waals surface area contributed by atoms with E-state index in [1.165, 1.54) is 56.7 Å². The maximum atomic E-state index is 10.1. The minimum absolute atomic E-state index is 0. The molecule has 0 amide bonds. The minimum atomic E-state index is -4.48. The number of rotatable bonds is 15. The molecule has 43 heavy (non-hydrogen) atoms. The van der Waals surface area contributed by atoms with Crippen LogP contribution >= 0.6 is 0 Å². The summed E-state index contributed by atoms with van der Waals surface area (Å²) < 4.78 is 38.4. The molecule has 1 radical (unpaired) electrons. The molecule has 3 aliphatic carbocycles. The van der Waals surface area contributed by atoms with Crippen LogP contribution in [0.1, 0.15) is 167 Å². The second-order valence-corrected chi connectivity index (χ2v) is 24.0. The Morgan fingerprint density at radius 1 is 0.558 bits per heavy atom. The van der Waals surface area contributed by atoms with Crippen molar-refractivity contribution in [1.82, 2.24) is 0 Å². The van der Waals surface area contributed by atoms with Crippen molar-refractivity contribution in [3.8, 4) is 0 Å². The first-order valence-electron chi connectivity index (χ1n) is 18.0. The van der Waals surface area contributed by atoms with E-state index in [2.05, 4.69) is 11.1 Å². The van der Waals surface area contributed by atoms with E-state index in [1.807, 2.05) is 36.4 Å². The van der Waals surface area contributed by atoms with Gasteiger partial charge in [-0.1, -0.05) is 101 Å². The summed E-state index contributed by atoms with van der Waals surface area (Å²) in [4.78, 5) is 0. The molecular weight excluding hydrogens is 663 g/mol. The molecule has 4 rings (SSSR count). The predicted molar refractivity (Wildman–Crippen MR) is 184 cm³/mol. The van der Waals surface area contributed by atoms with Gasteiger partial charge < -0.3 is 10.0 Å². The summed E-state index contributed by atoms with van der Waals surface area (Å²) in [5.74, 6) is 0. The first kappa shape index (κ1) is 40.9. The molecule has 1 aromatic carbocycles. The Kier molecular flexibility index (Phi) is 25.7. The number of hydrogen-bond donors (Lipinski definition) is 0. The van der Waals surface area contributed by atoms with E-state index >= 15 is 0 Å². The zero-order valence-corrected chi connectivity index (χ0v) is 31.3. The van der Waals surface area contributed by atoms with E-state index in [1.54, 1.807) is 96.3 Å². The smallest absolute Gasteiger partial charge is 0.217 e. The molecule has 0 spiro atoms. The van der Waals surface area contributed by atoms with E-state index in [9.17, 15) is 13.0 Å². The molecule has 7 heteroatoms. The van der Waals surface area contributed by atoms with Gasteiger partial charge in [0.15, 0.2) is 0 Å². The third kappa shape index (κ3) is 21.3. The zero-order valence-electron chi connectivity index (χ0n) is 27.6. The Hall–Kier alpha value is -0.151. The maximum absolute atomic E-state index is 10.1. The molecule has 0 atom stereocenters. The number of unbranched alkanes of at least 4 members (excludes halogenated alkanes) is 9. The van der Waals surface area contributed by atoms with Gasteiger partial charge in [0.05, 0.1) is 6.61 Å². The van der Waals surface area contributed by atoms with E-state index in [0.717, 1.165) is 12.8 Å². The summed E-state index contributed by atoms with van der Waals surface area (Å²) in [6.45, 7) is 2.24. The molecule has 3 aliphatic rings. The van der Waals surface area contributed by atoms with E-state index in [4.69, 9.17) is 0 Å². The van der Waals surface area contributed by atoms with Crippen molar-refractivity contribution in [3.63, 3.8) is 0 Å². The molecule has 3 saturated carbocycles. The summed E-state index contributed by atoms with van der Waals surface area (Å²) in [5, 5.41) is 0. The van der Waals surface area contributed by atoms with Crippen LogP contribution < -0.4 is 0 Å². The SMILES string of the molecule is C1CC[CH]([Sn]([CH]2CCCCC2)[CH]2CCCCC2)CC1.CCCCCCCCCCCCOS(=O)(=O)[O-].O.c1ccccc1.